The second-order valence-electron chi connectivity index (χ2n) is 2.73. The van der Waals surface area contributed by atoms with Crippen LogP contribution in [0.15, 0.2) is 10.7 Å². The van der Waals surface area contributed by atoms with Gasteiger partial charge < -0.3 is 4.74 Å². The van der Waals surface area contributed by atoms with Crippen LogP contribution >= 0.6 is 15.9 Å². The maximum absolute atomic E-state index is 11.9. The van der Waals surface area contributed by atoms with Crippen LogP contribution in [-0.2, 0) is 0 Å². The molecule has 0 saturated carbocycles. The lowest BCUT2D eigenvalue weighted by Gasteiger charge is -2.11. The summed E-state index contributed by atoms with van der Waals surface area (Å²) in [5.41, 5.74) is 0.787. The van der Waals surface area contributed by atoms with Crippen molar-refractivity contribution in [2.45, 2.75) is 20.2 Å². The van der Waals surface area contributed by atoms with Crippen LogP contribution in [0.3, 0.4) is 0 Å². The van der Waals surface area contributed by atoms with Gasteiger partial charge in [0.1, 0.15) is 4.60 Å². The lowest BCUT2D eigenvalue weighted by molar-refractivity contribution is -0.275. The van der Waals surface area contributed by atoms with Gasteiger partial charge in [-0.3, -0.25) is 0 Å². The smallest absolute Gasteiger partial charge is 0.404 e. The molecule has 0 fully saturated rings. The van der Waals surface area contributed by atoms with Gasteiger partial charge in [-0.15, -0.1) is 13.2 Å². The van der Waals surface area contributed by atoms with Crippen LogP contribution in [0, 0.1) is 13.8 Å². The number of nitrogens with zero attached hydrogens (tertiary/aromatic N) is 1. The third kappa shape index (κ3) is 2.87. The van der Waals surface area contributed by atoms with Gasteiger partial charge in [0, 0.05) is 0 Å². The number of hydrogen-bond donors (Lipinski definition) is 0. The number of aromatic nitrogens is 1. The van der Waals surface area contributed by atoms with Crippen molar-refractivity contribution in [2.75, 3.05) is 0 Å². The van der Waals surface area contributed by atoms with Crippen molar-refractivity contribution in [1.29, 1.82) is 0 Å². The summed E-state index contributed by atoms with van der Waals surface area (Å²) in [4.78, 5) is 3.85. The maximum atomic E-state index is 11.9. The molecule has 1 aromatic heterocycles. The standard InChI is InChI=1S/C8H7BrF3NO/c1-4-3-6(14-8(10,11)12)5(2)13-7(4)9/h3H,1-2H3. The molecule has 1 heterocycles. The molecule has 0 spiro atoms. The summed E-state index contributed by atoms with van der Waals surface area (Å²) < 4.78 is 40.0. The van der Waals surface area contributed by atoms with Crippen molar-refractivity contribution in [2.24, 2.45) is 0 Å². The number of halogens is 4. The number of ether oxygens (including phenoxy) is 1. The summed E-state index contributed by atoms with van der Waals surface area (Å²) in [6.45, 7) is 3.09. The lowest BCUT2D eigenvalue weighted by Crippen LogP contribution is -2.18. The second kappa shape index (κ2) is 3.76. The first-order chi connectivity index (χ1) is 6.29. The molecule has 0 aromatic carbocycles. The van der Waals surface area contributed by atoms with Crippen molar-refractivity contribution < 1.29 is 17.9 Å². The normalized spacial score (nSPS) is 11.6. The zero-order valence-corrected chi connectivity index (χ0v) is 9.03. The predicted molar refractivity (Wildman–Crippen MR) is 48.1 cm³/mol. The highest BCUT2D eigenvalue weighted by atomic mass is 79.9. The minimum absolute atomic E-state index is 0.194. The van der Waals surface area contributed by atoms with Crippen LogP contribution in [0.1, 0.15) is 11.3 Å². The van der Waals surface area contributed by atoms with E-state index in [2.05, 4.69) is 25.7 Å². The fourth-order valence-corrected chi connectivity index (χ4v) is 1.26. The molecule has 0 aliphatic rings. The van der Waals surface area contributed by atoms with Gasteiger partial charge in [-0.2, -0.15) is 0 Å². The zero-order chi connectivity index (χ0) is 10.9. The van der Waals surface area contributed by atoms with E-state index in [1.54, 1.807) is 6.92 Å². The summed E-state index contributed by atoms with van der Waals surface area (Å²) in [5, 5.41) is 0. The molecule has 0 amide bonds. The Morgan fingerprint density at radius 1 is 1.36 bits per heavy atom. The average molecular weight is 270 g/mol. The molecular formula is C8H7BrF3NO. The average Bonchev–Trinajstić information content (AvgIpc) is 1.97. The summed E-state index contributed by atoms with van der Waals surface area (Å²) in [6.07, 6.45) is -4.67. The highest BCUT2D eigenvalue weighted by Crippen LogP contribution is 2.28. The minimum atomic E-state index is -4.67. The van der Waals surface area contributed by atoms with E-state index in [1.807, 2.05) is 0 Å². The molecule has 0 atom stereocenters. The molecule has 1 aromatic rings. The minimum Gasteiger partial charge on any atom is -0.404 e. The number of aryl methyl sites for hydroxylation is 2. The molecule has 0 bridgehead atoms. The van der Waals surface area contributed by atoms with Gasteiger partial charge >= 0.3 is 6.36 Å². The van der Waals surface area contributed by atoms with Crippen molar-refractivity contribution >= 4 is 15.9 Å². The first-order valence-electron chi connectivity index (χ1n) is 3.69. The van der Waals surface area contributed by atoms with E-state index in [0.717, 1.165) is 0 Å². The summed E-state index contributed by atoms with van der Waals surface area (Å²) in [5.74, 6) is -0.266. The summed E-state index contributed by atoms with van der Waals surface area (Å²) >= 11 is 3.11. The van der Waals surface area contributed by atoms with E-state index in [0.29, 0.717) is 10.2 Å². The molecule has 78 valence electrons. The van der Waals surface area contributed by atoms with E-state index >= 15 is 0 Å². The lowest BCUT2D eigenvalue weighted by atomic mass is 10.2. The van der Waals surface area contributed by atoms with Crippen LogP contribution in [0.4, 0.5) is 13.2 Å². The Hall–Kier alpha value is -0.780. The molecular weight excluding hydrogens is 263 g/mol. The van der Waals surface area contributed by atoms with Crippen LogP contribution in [0.25, 0.3) is 0 Å². The Morgan fingerprint density at radius 2 is 1.93 bits per heavy atom. The van der Waals surface area contributed by atoms with Crippen LogP contribution < -0.4 is 4.74 Å². The molecule has 1 rings (SSSR count). The molecule has 0 N–H and O–H groups in total. The van der Waals surface area contributed by atoms with Gasteiger partial charge in [-0.25, -0.2) is 4.98 Å². The molecule has 14 heavy (non-hydrogen) atoms. The Labute approximate surface area is 87.2 Å². The quantitative estimate of drug-likeness (QED) is 0.730. The van der Waals surface area contributed by atoms with E-state index in [-0.39, 0.29) is 11.4 Å². The van der Waals surface area contributed by atoms with Crippen molar-refractivity contribution in [1.82, 2.24) is 4.98 Å². The van der Waals surface area contributed by atoms with Gasteiger partial charge in [-0.05, 0) is 41.4 Å². The summed E-state index contributed by atoms with van der Waals surface area (Å²) in [7, 11) is 0. The Kier molecular flexibility index (Phi) is 3.04. The van der Waals surface area contributed by atoms with E-state index < -0.39 is 6.36 Å². The monoisotopic (exact) mass is 269 g/mol. The first kappa shape index (κ1) is 11.3. The fraction of sp³-hybridized carbons (Fsp3) is 0.375. The van der Waals surface area contributed by atoms with Gasteiger partial charge in [-0.1, -0.05) is 0 Å². The highest BCUT2D eigenvalue weighted by Gasteiger charge is 2.32. The summed E-state index contributed by atoms with van der Waals surface area (Å²) in [6, 6.07) is 1.29. The zero-order valence-electron chi connectivity index (χ0n) is 7.44. The van der Waals surface area contributed by atoms with E-state index in [9.17, 15) is 13.2 Å². The van der Waals surface area contributed by atoms with Gasteiger partial charge in [0.05, 0.1) is 5.69 Å². The second-order valence-corrected chi connectivity index (χ2v) is 3.48. The molecule has 0 aliphatic heterocycles. The van der Waals surface area contributed by atoms with Crippen molar-refractivity contribution in [3.05, 3.63) is 21.9 Å². The molecule has 6 heteroatoms. The molecule has 0 radical (unpaired) electrons. The third-order valence-electron chi connectivity index (χ3n) is 1.52. The van der Waals surface area contributed by atoms with Gasteiger partial charge in [0.2, 0.25) is 0 Å². The largest absolute Gasteiger partial charge is 0.573 e. The maximum Gasteiger partial charge on any atom is 0.573 e. The fourth-order valence-electron chi connectivity index (χ4n) is 0.879. The third-order valence-corrected chi connectivity index (χ3v) is 2.32. The number of alkyl halides is 3. The van der Waals surface area contributed by atoms with Crippen LogP contribution in [0.2, 0.25) is 0 Å². The van der Waals surface area contributed by atoms with Crippen LogP contribution in [-0.4, -0.2) is 11.3 Å². The van der Waals surface area contributed by atoms with E-state index in [4.69, 9.17) is 0 Å². The molecule has 0 saturated heterocycles. The van der Waals surface area contributed by atoms with Gasteiger partial charge in [0.15, 0.2) is 5.75 Å². The molecule has 0 unspecified atom stereocenters. The Morgan fingerprint density at radius 3 is 2.43 bits per heavy atom. The predicted octanol–water partition coefficient (Wildman–Crippen LogP) is 3.36. The van der Waals surface area contributed by atoms with Crippen LogP contribution in [0.5, 0.6) is 5.75 Å². The first-order valence-corrected chi connectivity index (χ1v) is 4.48. The molecule has 0 aliphatic carbocycles. The van der Waals surface area contributed by atoms with E-state index in [1.165, 1.54) is 13.0 Å². The highest BCUT2D eigenvalue weighted by molar-refractivity contribution is 9.10. The molecule has 2 nitrogen and oxygen atoms in total. The van der Waals surface area contributed by atoms with Crippen molar-refractivity contribution in [3.8, 4) is 5.75 Å². The topological polar surface area (TPSA) is 22.1 Å². The SMILES string of the molecule is Cc1cc(OC(F)(F)F)c(C)nc1Br. The Balaban J connectivity index is 3.04. The Bertz CT molecular complexity index is 351. The number of hydrogen-bond acceptors (Lipinski definition) is 2. The number of pyridine rings is 1. The number of rotatable bonds is 1. The van der Waals surface area contributed by atoms with Gasteiger partial charge in [0.25, 0.3) is 0 Å². The van der Waals surface area contributed by atoms with Crippen molar-refractivity contribution in [3.63, 3.8) is 0 Å².